The number of halogens is 1. The van der Waals surface area contributed by atoms with Crippen molar-refractivity contribution < 1.29 is 0 Å². The summed E-state index contributed by atoms with van der Waals surface area (Å²) in [5.74, 6) is 1.33. The van der Waals surface area contributed by atoms with Crippen LogP contribution in [0.4, 0.5) is 5.82 Å². The second-order valence-electron chi connectivity index (χ2n) is 4.71. The molecule has 98 valence electrons. The first kappa shape index (κ1) is 12.7. The smallest absolute Gasteiger partial charge is 0.266 e. The van der Waals surface area contributed by atoms with Gasteiger partial charge in [0.1, 0.15) is 9.39 Å². The zero-order valence-electron chi connectivity index (χ0n) is 10.3. The lowest BCUT2D eigenvalue weighted by Gasteiger charge is -2.18. The van der Waals surface area contributed by atoms with Crippen LogP contribution in [0.15, 0.2) is 41.5 Å². The van der Waals surface area contributed by atoms with Crippen LogP contribution in [0.1, 0.15) is 17.9 Å². The Bertz CT molecular complexity index is 626. The molecule has 19 heavy (non-hydrogen) atoms. The van der Waals surface area contributed by atoms with Crippen LogP contribution in [0, 0.1) is 3.57 Å². The molecule has 0 saturated carbocycles. The minimum atomic E-state index is -0.0613. The molecule has 3 rings (SSSR count). The summed E-state index contributed by atoms with van der Waals surface area (Å²) in [7, 11) is 0. The number of rotatable bonds is 2. The number of H-pyrrole nitrogens is 1. The summed E-state index contributed by atoms with van der Waals surface area (Å²) >= 11 is 2.07. The fraction of sp³-hybridized carbons (Fsp3) is 0.286. The van der Waals surface area contributed by atoms with Crippen molar-refractivity contribution in [2.45, 2.75) is 12.3 Å². The molecule has 1 saturated heterocycles. The lowest BCUT2D eigenvalue weighted by atomic mass is 9.99. The molecule has 2 aromatic rings. The van der Waals surface area contributed by atoms with Gasteiger partial charge in [0, 0.05) is 19.0 Å². The van der Waals surface area contributed by atoms with Crippen molar-refractivity contribution >= 4 is 28.4 Å². The van der Waals surface area contributed by atoms with Gasteiger partial charge in [-0.2, -0.15) is 0 Å². The van der Waals surface area contributed by atoms with Crippen molar-refractivity contribution in [3.05, 3.63) is 56.1 Å². The first-order chi connectivity index (χ1) is 9.25. The minimum Gasteiger partial charge on any atom is -0.355 e. The lowest BCUT2D eigenvalue weighted by Crippen LogP contribution is -2.25. The molecule has 5 heteroatoms. The van der Waals surface area contributed by atoms with Gasteiger partial charge < -0.3 is 9.88 Å². The molecule has 1 N–H and O–H groups in total. The number of aromatic amines is 1. The first-order valence-corrected chi connectivity index (χ1v) is 7.36. The number of nitrogens with zero attached hydrogens (tertiary/aromatic N) is 2. The third kappa shape index (κ3) is 2.51. The number of hydrogen-bond donors (Lipinski definition) is 1. The second-order valence-corrected chi connectivity index (χ2v) is 5.79. The largest absolute Gasteiger partial charge is 0.355 e. The van der Waals surface area contributed by atoms with E-state index in [9.17, 15) is 4.79 Å². The fourth-order valence-electron chi connectivity index (χ4n) is 2.54. The maximum Gasteiger partial charge on any atom is 0.266 e. The van der Waals surface area contributed by atoms with Crippen LogP contribution in [0.5, 0.6) is 0 Å². The van der Waals surface area contributed by atoms with Gasteiger partial charge in [-0.15, -0.1) is 0 Å². The molecular weight excluding hydrogens is 353 g/mol. The number of aromatic nitrogens is 2. The lowest BCUT2D eigenvalue weighted by molar-refractivity contribution is 0.773. The van der Waals surface area contributed by atoms with Crippen LogP contribution in [-0.4, -0.2) is 23.1 Å². The van der Waals surface area contributed by atoms with E-state index in [0.29, 0.717) is 9.49 Å². The van der Waals surface area contributed by atoms with Gasteiger partial charge in [-0.1, -0.05) is 30.3 Å². The highest BCUT2D eigenvalue weighted by atomic mass is 127. The number of hydrogen-bond acceptors (Lipinski definition) is 3. The maximum absolute atomic E-state index is 11.6. The van der Waals surface area contributed by atoms with Crippen molar-refractivity contribution in [1.82, 2.24) is 9.97 Å². The van der Waals surface area contributed by atoms with E-state index in [4.69, 9.17) is 0 Å². The van der Waals surface area contributed by atoms with E-state index < -0.39 is 0 Å². The number of nitrogens with one attached hydrogen (secondary N) is 1. The van der Waals surface area contributed by atoms with E-state index in [-0.39, 0.29) is 5.56 Å². The molecule has 0 radical (unpaired) electrons. The Morgan fingerprint density at radius 1 is 1.32 bits per heavy atom. The van der Waals surface area contributed by atoms with Crippen molar-refractivity contribution in [2.24, 2.45) is 0 Å². The van der Waals surface area contributed by atoms with E-state index in [1.54, 1.807) is 0 Å². The van der Waals surface area contributed by atoms with E-state index in [1.807, 2.05) is 6.07 Å². The highest BCUT2D eigenvalue weighted by Gasteiger charge is 2.26. The SMILES string of the molecule is O=c1[nH]cnc(N2CCC(c3ccccc3)C2)c1I. The summed E-state index contributed by atoms with van der Waals surface area (Å²) < 4.78 is 0.675. The Kier molecular flexibility index (Phi) is 3.54. The van der Waals surface area contributed by atoms with E-state index >= 15 is 0 Å². The molecule has 1 aromatic heterocycles. The molecule has 0 amide bonds. The van der Waals surface area contributed by atoms with Gasteiger partial charge in [-0.3, -0.25) is 4.79 Å². The third-order valence-corrected chi connectivity index (χ3v) is 4.51. The Labute approximate surface area is 125 Å². The predicted octanol–water partition coefficient (Wildman–Crippen LogP) is 2.37. The van der Waals surface area contributed by atoms with Crippen molar-refractivity contribution in [3.8, 4) is 0 Å². The van der Waals surface area contributed by atoms with Crippen LogP contribution < -0.4 is 10.5 Å². The summed E-state index contributed by atoms with van der Waals surface area (Å²) in [6, 6.07) is 10.5. The van der Waals surface area contributed by atoms with Crippen LogP contribution in [0.3, 0.4) is 0 Å². The molecule has 1 aliphatic rings. The Morgan fingerprint density at radius 3 is 2.89 bits per heavy atom. The van der Waals surface area contributed by atoms with Crippen molar-refractivity contribution in [3.63, 3.8) is 0 Å². The summed E-state index contributed by atoms with van der Waals surface area (Å²) in [6.45, 7) is 1.88. The minimum absolute atomic E-state index is 0.0613. The second kappa shape index (κ2) is 5.32. The summed E-state index contributed by atoms with van der Waals surface area (Å²) in [4.78, 5) is 20.7. The Morgan fingerprint density at radius 2 is 2.11 bits per heavy atom. The molecule has 0 bridgehead atoms. The molecule has 0 aliphatic carbocycles. The van der Waals surface area contributed by atoms with Crippen LogP contribution >= 0.6 is 22.6 Å². The Balaban J connectivity index is 1.83. The van der Waals surface area contributed by atoms with Gasteiger partial charge in [0.15, 0.2) is 0 Å². The molecule has 1 aliphatic heterocycles. The summed E-state index contributed by atoms with van der Waals surface area (Å²) in [5.41, 5.74) is 1.30. The zero-order chi connectivity index (χ0) is 13.2. The van der Waals surface area contributed by atoms with Gasteiger partial charge in [-0.25, -0.2) is 4.98 Å². The van der Waals surface area contributed by atoms with Gasteiger partial charge >= 0.3 is 0 Å². The van der Waals surface area contributed by atoms with Crippen LogP contribution in [0.25, 0.3) is 0 Å². The predicted molar refractivity (Wildman–Crippen MR) is 83.6 cm³/mol. The number of benzene rings is 1. The van der Waals surface area contributed by atoms with Gasteiger partial charge in [-0.05, 0) is 34.6 Å². The summed E-state index contributed by atoms with van der Waals surface area (Å²) in [6.07, 6.45) is 2.59. The first-order valence-electron chi connectivity index (χ1n) is 6.29. The zero-order valence-corrected chi connectivity index (χ0v) is 12.5. The van der Waals surface area contributed by atoms with Gasteiger partial charge in [0.25, 0.3) is 5.56 Å². The molecule has 1 unspecified atom stereocenters. The Hall–Kier alpha value is -1.37. The van der Waals surface area contributed by atoms with Gasteiger partial charge in [0.2, 0.25) is 0 Å². The maximum atomic E-state index is 11.6. The van der Waals surface area contributed by atoms with Crippen molar-refractivity contribution in [2.75, 3.05) is 18.0 Å². The molecule has 1 atom stereocenters. The molecule has 1 fully saturated rings. The summed E-state index contributed by atoms with van der Waals surface area (Å²) in [5, 5.41) is 0. The standard InChI is InChI=1S/C14H14IN3O/c15-12-13(16-9-17-14(12)19)18-7-6-11(8-18)10-4-2-1-3-5-10/h1-5,9,11H,6-8H2,(H,16,17,19). The van der Waals surface area contributed by atoms with Gasteiger partial charge in [0.05, 0.1) is 6.33 Å². The average molecular weight is 367 g/mol. The average Bonchev–Trinajstić information content (AvgIpc) is 2.92. The molecule has 0 spiro atoms. The van der Waals surface area contributed by atoms with E-state index in [1.165, 1.54) is 11.9 Å². The van der Waals surface area contributed by atoms with Crippen molar-refractivity contribution in [1.29, 1.82) is 0 Å². The quantitative estimate of drug-likeness (QED) is 0.830. The normalized spacial score (nSPS) is 18.8. The fourth-order valence-corrected chi connectivity index (χ4v) is 3.18. The molecular formula is C14H14IN3O. The van der Waals surface area contributed by atoms with Crippen LogP contribution in [-0.2, 0) is 0 Å². The topological polar surface area (TPSA) is 49.0 Å². The highest BCUT2D eigenvalue weighted by Crippen LogP contribution is 2.30. The van der Waals surface area contributed by atoms with E-state index in [0.717, 1.165) is 25.3 Å². The van der Waals surface area contributed by atoms with E-state index in [2.05, 4.69) is 61.7 Å². The number of anilines is 1. The van der Waals surface area contributed by atoms with Crippen LogP contribution in [0.2, 0.25) is 0 Å². The molecule has 1 aromatic carbocycles. The third-order valence-electron chi connectivity index (χ3n) is 3.54. The molecule has 4 nitrogen and oxygen atoms in total. The monoisotopic (exact) mass is 367 g/mol. The molecule has 2 heterocycles. The highest BCUT2D eigenvalue weighted by molar-refractivity contribution is 14.1.